The first-order valence-electron chi connectivity index (χ1n) is 10.7. The minimum absolute atomic E-state index is 0. The maximum Gasteiger partial charge on any atom is 2.00 e. The van der Waals surface area contributed by atoms with E-state index in [9.17, 15) is 14.4 Å². The number of carboxylic acid groups (broad SMARTS) is 1. The van der Waals surface area contributed by atoms with Crippen LogP contribution in [0.2, 0.25) is 0 Å². The maximum atomic E-state index is 11.4. The van der Waals surface area contributed by atoms with Gasteiger partial charge in [-0.05, 0) is 6.42 Å². The van der Waals surface area contributed by atoms with Crippen molar-refractivity contribution in [2.24, 2.45) is 0 Å². The van der Waals surface area contributed by atoms with Gasteiger partial charge in [0.1, 0.15) is 0 Å². The molecule has 28 heavy (non-hydrogen) atoms. The topological polar surface area (TPSA) is 80.7 Å². The van der Waals surface area contributed by atoms with Gasteiger partial charge < -0.3 is 12.7 Å². The monoisotopic (exact) mass is 424 g/mol. The van der Waals surface area contributed by atoms with Gasteiger partial charge in [0.2, 0.25) is 0 Å². The van der Waals surface area contributed by atoms with Crippen molar-refractivity contribution in [3.8, 4) is 0 Å². The average molecular weight is 425 g/mol. The fourth-order valence-corrected chi connectivity index (χ4v) is 2.98. The van der Waals surface area contributed by atoms with Crippen molar-refractivity contribution in [1.82, 2.24) is 0 Å². The van der Waals surface area contributed by atoms with Gasteiger partial charge in [0.05, 0.1) is 0 Å². The van der Waals surface area contributed by atoms with Crippen LogP contribution < -0.4 is 0 Å². The van der Waals surface area contributed by atoms with Gasteiger partial charge in [0, 0.05) is 18.6 Å². The van der Waals surface area contributed by atoms with Crippen LogP contribution in [0, 0.1) is 0 Å². The number of carboxylic acids is 1. The second-order valence-corrected chi connectivity index (χ2v) is 7.16. The molecular formula is C22H40CaO5. The summed E-state index contributed by atoms with van der Waals surface area (Å²) < 4.78 is 4.49. The molecule has 0 spiro atoms. The molecule has 0 bridgehead atoms. The fourth-order valence-electron chi connectivity index (χ4n) is 2.98. The largest absolute Gasteiger partial charge is 2.00 e. The van der Waals surface area contributed by atoms with E-state index in [1.54, 1.807) is 0 Å². The molecule has 0 unspecified atom stereocenters. The molecule has 0 aliphatic heterocycles. The van der Waals surface area contributed by atoms with Gasteiger partial charge >= 0.3 is 55.6 Å². The molecule has 0 saturated carbocycles. The average Bonchev–Trinajstić information content (AvgIpc) is 2.63. The molecule has 0 aromatic rings. The second-order valence-electron chi connectivity index (χ2n) is 7.16. The van der Waals surface area contributed by atoms with Crippen molar-refractivity contribution in [2.45, 2.75) is 110 Å². The molecule has 5 nitrogen and oxygen atoms in total. The van der Waals surface area contributed by atoms with Gasteiger partial charge in [-0.25, -0.2) is 9.59 Å². The van der Waals surface area contributed by atoms with E-state index in [2.05, 4.69) is 11.7 Å². The summed E-state index contributed by atoms with van der Waals surface area (Å²) >= 11 is 0. The van der Waals surface area contributed by atoms with Crippen LogP contribution in [-0.2, 0) is 19.1 Å². The first-order valence-corrected chi connectivity index (χ1v) is 10.7. The molecule has 0 aliphatic rings. The van der Waals surface area contributed by atoms with Gasteiger partial charge in [0.15, 0.2) is 0 Å². The summed E-state index contributed by atoms with van der Waals surface area (Å²) in [5.74, 6) is -2.77. The molecule has 160 valence electrons. The predicted octanol–water partition coefficient (Wildman–Crippen LogP) is 5.80. The maximum absolute atomic E-state index is 11.4. The Balaban J connectivity index is -0.00000113. The van der Waals surface area contributed by atoms with E-state index in [1.807, 2.05) is 0 Å². The van der Waals surface area contributed by atoms with Gasteiger partial charge in [-0.1, -0.05) is 96.8 Å². The molecule has 0 amide bonds. The minimum Gasteiger partial charge on any atom is -1.00 e. The molecular weight excluding hydrogens is 384 g/mol. The molecule has 0 heterocycles. The van der Waals surface area contributed by atoms with Crippen molar-refractivity contribution < 1.29 is 27.1 Å². The smallest absolute Gasteiger partial charge is 1.00 e. The molecule has 1 N–H and O–H groups in total. The Morgan fingerprint density at radius 2 is 1.11 bits per heavy atom. The Morgan fingerprint density at radius 3 is 1.50 bits per heavy atom. The molecule has 0 aliphatic carbocycles. The number of hydrogen-bond donors (Lipinski definition) is 1. The van der Waals surface area contributed by atoms with E-state index in [0.29, 0.717) is 12.5 Å². The summed E-state index contributed by atoms with van der Waals surface area (Å²) in [6.07, 6.45) is 20.4. The van der Waals surface area contributed by atoms with Crippen LogP contribution in [-0.4, -0.2) is 60.8 Å². The summed E-state index contributed by atoms with van der Waals surface area (Å²) in [6.45, 7) is 2.25. The van der Waals surface area contributed by atoms with Crippen LogP contribution >= 0.6 is 0 Å². The number of aliphatic carboxylic acids is 1. The second kappa shape index (κ2) is 22.9. The van der Waals surface area contributed by atoms with E-state index in [0.717, 1.165) is 18.9 Å². The number of carbonyl (C=O) groups is 3. The molecule has 0 aromatic heterocycles. The minimum atomic E-state index is -1.25. The third-order valence-corrected chi connectivity index (χ3v) is 4.56. The number of hydrogen-bond acceptors (Lipinski definition) is 4. The Hall–Kier alpha value is -0.390. The van der Waals surface area contributed by atoms with Crippen molar-refractivity contribution in [1.29, 1.82) is 0 Å². The third-order valence-electron chi connectivity index (χ3n) is 4.56. The molecule has 0 aromatic carbocycles. The zero-order chi connectivity index (χ0) is 20.2. The first-order chi connectivity index (χ1) is 13.1. The number of esters is 2. The number of carbonyl (C=O) groups excluding carboxylic acids is 2. The quantitative estimate of drug-likeness (QED) is 0.0988. The van der Waals surface area contributed by atoms with Crippen LogP contribution in [0.4, 0.5) is 0 Å². The Bertz CT molecular complexity index is 445. The van der Waals surface area contributed by atoms with Crippen LogP contribution in [0.15, 0.2) is 12.2 Å². The number of ether oxygens (including phenoxy) is 1. The van der Waals surface area contributed by atoms with E-state index < -0.39 is 17.9 Å². The van der Waals surface area contributed by atoms with Gasteiger partial charge in [-0.2, -0.15) is 0 Å². The summed E-state index contributed by atoms with van der Waals surface area (Å²) in [4.78, 5) is 32.8. The zero-order valence-corrected chi connectivity index (χ0v) is 20.0. The Morgan fingerprint density at radius 1 is 0.714 bits per heavy atom. The van der Waals surface area contributed by atoms with Crippen molar-refractivity contribution in [3.05, 3.63) is 12.2 Å². The number of unbranched alkanes of at least 4 members (excludes halogenated alkanes) is 14. The zero-order valence-electron chi connectivity index (χ0n) is 19.8. The Labute approximate surface area is 203 Å². The normalized spacial score (nSPS) is 10.6. The molecule has 6 heteroatoms. The van der Waals surface area contributed by atoms with Crippen LogP contribution in [0.5, 0.6) is 0 Å². The summed E-state index contributed by atoms with van der Waals surface area (Å²) in [6, 6.07) is 0. The van der Waals surface area contributed by atoms with Crippen molar-refractivity contribution in [2.75, 3.05) is 0 Å². The van der Waals surface area contributed by atoms with E-state index in [-0.39, 0.29) is 47.0 Å². The van der Waals surface area contributed by atoms with E-state index >= 15 is 0 Å². The van der Waals surface area contributed by atoms with E-state index in [4.69, 9.17) is 5.11 Å². The van der Waals surface area contributed by atoms with Gasteiger partial charge in [-0.3, -0.25) is 4.79 Å². The van der Waals surface area contributed by atoms with Gasteiger partial charge in [-0.15, -0.1) is 0 Å². The fraction of sp³-hybridized carbons (Fsp3) is 0.773. The first kappa shape index (κ1) is 29.8. The van der Waals surface area contributed by atoms with Gasteiger partial charge in [0.25, 0.3) is 0 Å². The van der Waals surface area contributed by atoms with Crippen molar-refractivity contribution >= 4 is 55.6 Å². The van der Waals surface area contributed by atoms with Crippen LogP contribution in [0.25, 0.3) is 0 Å². The van der Waals surface area contributed by atoms with Crippen molar-refractivity contribution in [3.63, 3.8) is 0 Å². The standard InChI is InChI=1S/C22H38O5.Ca.2H/c1-2-3-4-5-6-7-8-9-10-11-12-13-14-15-16-17-21(25)27-22(26)19-18-20(23)24;;;/h18-19H,2-17H2,1H3,(H,23,24);;;/q;+2;2*-1. The SMILES string of the molecule is CCCCCCCCCCCCCCCCCC(=O)OC(=O)C=CC(=O)O.[Ca+2].[H-].[H-]. The molecule has 0 fully saturated rings. The summed E-state index contributed by atoms with van der Waals surface area (Å²) in [7, 11) is 0. The molecule has 0 atom stereocenters. The van der Waals surface area contributed by atoms with Crippen LogP contribution in [0.3, 0.4) is 0 Å². The molecule has 0 rings (SSSR count). The number of rotatable bonds is 18. The third kappa shape index (κ3) is 23.6. The summed E-state index contributed by atoms with van der Waals surface area (Å²) in [5.41, 5.74) is 0. The molecule has 0 saturated heterocycles. The van der Waals surface area contributed by atoms with E-state index in [1.165, 1.54) is 77.0 Å². The summed E-state index contributed by atoms with van der Waals surface area (Å²) in [5, 5.41) is 8.37. The van der Waals surface area contributed by atoms with Crippen LogP contribution in [0.1, 0.15) is 113 Å². The predicted molar refractivity (Wildman–Crippen MR) is 115 cm³/mol. The Kier molecular flexibility index (Phi) is 24.4. The molecule has 0 radical (unpaired) electrons.